The van der Waals surface area contributed by atoms with E-state index < -0.39 is 5.97 Å². The summed E-state index contributed by atoms with van der Waals surface area (Å²) >= 11 is 0. The first-order valence-corrected chi connectivity index (χ1v) is 5.54. The van der Waals surface area contributed by atoms with Crippen LogP contribution in [0.3, 0.4) is 0 Å². The predicted molar refractivity (Wildman–Crippen MR) is 58.4 cm³/mol. The van der Waals surface area contributed by atoms with Crippen LogP contribution in [0.5, 0.6) is 0 Å². The molecule has 0 aliphatic carbocycles. The van der Waals surface area contributed by atoms with Crippen LogP contribution in [-0.4, -0.2) is 39.2 Å². The zero-order chi connectivity index (χ0) is 12.5. The number of likely N-dealkylation sites (tertiary alicyclic amines) is 1. The number of furan rings is 1. The molecule has 2 aromatic rings. The van der Waals surface area contributed by atoms with E-state index in [1.54, 1.807) is 12.1 Å². The van der Waals surface area contributed by atoms with E-state index in [0.717, 1.165) is 0 Å². The van der Waals surface area contributed by atoms with Crippen molar-refractivity contribution in [3.8, 4) is 11.6 Å². The normalized spacial score (nSPS) is 16.7. The molecule has 1 aliphatic rings. The van der Waals surface area contributed by atoms with E-state index >= 15 is 0 Å². The summed E-state index contributed by atoms with van der Waals surface area (Å²) in [6.45, 7) is 1.51. The molecule has 0 unspecified atom stereocenters. The van der Waals surface area contributed by atoms with E-state index in [4.69, 9.17) is 14.0 Å². The Kier molecular flexibility index (Phi) is 2.60. The first-order chi connectivity index (χ1) is 8.72. The zero-order valence-electron chi connectivity index (χ0n) is 9.44. The standard InChI is InChI=1S/C11H11N3O4/c15-11(16)7-4-14(5-7)6-9-12-10(13-18-9)8-2-1-3-17-8/h1-3,7H,4-6H2,(H,15,16). The van der Waals surface area contributed by atoms with Crippen molar-refractivity contribution in [1.29, 1.82) is 0 Å². The van der Waals surface area contributed by atoms with E-state index in [9.17, 15) is 4.79 Å². The third-order valence-electron chi connectivity index (χ3n) is 2.87. The van der Waals surface area contributed by atoms with Gasteiger partial charge in [-0.05, 0) is 12.1 Å². The van der Waals surface area contributed by atoms with Gasteiger partial charge in [-0.15, -0.1) is 0 Å². The van der Waals surface area contributed by atoms with Gasteiger partial charge in [0.2, 0.25) is 11.7 Å². The quantitative estimate of drug-likeness (QED) is 0.858. The summed E-state index contributed by atoms with van der Waals surface area (Å²) in [5.74, 6) is 0.387. The lowest BCUT2D eigenvalue weighted by Crippen LogP contribution is -2.49. The number of carboxylic acid groups (broad SMARTS) is 1. The second kappa shape index (κ2) is 4.26. The Bertz CT molecular complexity index is 542. The van der Waals surface area contributed by atoms with E-state index in [1.165, 1.54) is 6.26 Å². The maximum Gasteiger partial charge on any atom is 0.309 e. The van der Waals surface area contributed by atoms with Crippen molar-refractivity contribution in [3.05, 3.63) is 24.3 Å². The molecule has 1 aliphatic heterocycles. The van der Waals surface area contributed by atoms with Gasteiger partial charge in [0.25, 0.3) is 0 Å². The van der Waals surface area contributed by atoms with Crippen LogP contribution in [-0.2, 0) is 11.3 Å². The minimum atomic E-state index is -0.756. The number of carbonyl (C=O) groups is 1. The summed E-state index contributed by atoms with van der Waals surface area (Å²) < 4.78 is 10.2. The highest BCUT2D eigenvalue weighted by molar-refractivity contribution is 5.71. The lowest BCUT2D eigenvalue weighted by Gasteiger charge is -2.35. The van der Waals surface area contributed by atoms with Crippen molar-refractivity contribution >= 4 is 5.97 Å². The van der Waals surface area contributed by atoms with Gasteiger partial charge >= 0.3 is 5.97 Å². The number of aromatic nitrogens is 2. The van der Waals surface area contributed by atoms with Crippen molar-refractivity contribution < 1.29 is 18.8 Å². The fraction of sp³-hybridized carbons (Fsp3) is 0.364. The van der Waals surface area contributed by atoms with Crippen LogP contribution in [0, 0.1) is 5.92 Å². The van der Waals surface area contributed by atoms with E-state index in [2.05, 4.69) is 10.1 Å². The molecule has 3 heterocycles. The van der Waals surface area contributed by atoms with Gasteiger partial charge in [-0.25, -0.2) is 0 Å². The average molecular weight is 249 g/mol. The fourth-order valence-electron chi connectivity index (χ4n) is 1.87. The van der Waals surface area contributed by atoms with Crippen LogP contribution in [0.2, 0.25) is 0 Å². The van der Waals surface area contributed by atoms with Crippen LogP contribution in [0.1, 0.15) is 5.89 Å². The molecule has 0 atom stereocenters. The lowest BCUT2D eigenvalue weighted by molar-refractivity contribution is -0.147. The largest absolute Gasteiger partial charge is 0.481 e. The van der Waals surface area contributed by atoms with Crippen LogP contribution in [0.15, 0.2) is 27.3 Å². The van der Waals surface area contributed by atoms with Crippen molar-refractivity contribution in [2.75, 3.05) is 13.1 Å². The highest BCUT2D eigenvalue weighted by Crippen LogP contribution is 2.20. The minimum absolute atomic E-state index is 0.280. The maximum atomic E-state index is 10.6. The monoisotopic (exact) mass is 249 g/mol. The Morgan fingerprint density at radius 1 is 1.56 bits per heavy atom. The second-order valence-electron chi connectivity index (χ2n) is 4.22. The number of hydrogen-bond donors (Lipinski definition) is 1. The molecule has 0 spiro atoms. The molecule has 0 aromatic carbocycles. The number of hydrogen-bond acceptors (Lipinski definition) is 6. The number of aliphatic carboxylic acids is 1. The molecular formula is C11H11N3O4. The first kappa shape index (κ1) is 11.0. The molecule has 7 heteroatoms. The van der Waals surface area contributed by atoms with Crippen LogP contribution < -0.4 is 0 Å². The molecule has 2 aromatic heterocycles. The van der Waals surface area contributed by atoms with Crippen LogP contribution >= 0.6 is 0 Å². The summed E-state index contributed by atoms with van der Waals surface area (Å²) in [5, 5.41) is 12.6. The predicted octanol–water partition coefficient (Wildman–Crippen LogP) is 0.846. The van der Waals surface area contributed by atoms with Gasteiger partial charge in [0, 0.05) is 13.1 Å². The van der Waals surface area contributed by atoms with E-state index in [0.29, 0.717) is 37.1 Å². The van der Waals surface area contributed by atoms with Crippen LogP contribution in [0.25, 0.3) is 11.6 Å². The van der Waals surface area contributed by atoms with Gasteiger partial charge in [-0.3, -0.25) is 9.69 Å². The van der Waals surface area contributed by atoms with Gasteiger partial charge in [-0.2, -0.15) is 4.98 Å². The van der Waals surface area contributed by atoms with Gasteiger partial charge in [0.1, 0.15) is 0 Å². The Labute approximate surface area is 102 Å². The Morgan fingerprint density at radius 3 is 3.06 bits per heavy atom. The van der Waals surface area contributed by atoms with Crippen molar-refractivity contribution in [1.82, 2.24) is 15.0 Å². The molecule has 7 nitrogen and oxygen atoms in total. The van der Waals surface area contributed by atoms with Crippen LogP contribution in [0.4, 0.5) is 0 Å². The summed E-state index contributed by atoms with van der Waals surface area (Å²) in [6, 6.07) is 3.50. The van der Waals surface area contributed by atoms with Crippen molar-refractivity contribution in [3.63, 3.8) is 0 Å². The third kappa shape index (κ3) is 2.00. The molecule has 18 heavy (non-hydrogen) atoms. The topological polar surface area (TPSA) is 92.6 Å². The zero-order valence-corrected chi connectivity index (χ0v) is 9.44. The minimum Gasteiger partial charge on any atom is -0.481 e. The van der Waals surface area contributed by atoms with E-state index in [-0.39, 0.29) is 5.92 Å². The number of rotatable bonds is 4. The molecule has 0 amide bonds. The molecular weight excluding hydrogens is 238 g/mol. The molecule has 0 bridgehead atoms. The molecule has 1 saturated heterocycles. The molecule has 94 valence electrons. The highest BCUT2D eigenvalue weighted by atomic mass is 16.5. The van der Waals surface area contributed by atoms with Gasteiger partial charge in [0.15, 0.2) is 5.76 Å². The Balaban J connectivity index is 1.60. The van der Waals surface area contributed by atoms with Gasteiger partial charge in [0.05, 0.1) is 18.7 Å². The maximum absolute atomic E-state index is 10.6. The Hall–Kier alpha value is -2.15. The average Bonchev–Trinajstić information content (AvgIpc) is 2.92. The van der Waals surface area contributed by atoms with Gasteiger partial charge < -0.3 is 14.0 Å². The summed E-state index contributed by atoms with van der Waals surface area (Å²) in [7, 11) is 0. The lowest BCUT2D eigenvalue weighted by atomic mass is 10.0. The summed E-state index contributed by atoms with van der Waals surface area (Å²) in [4.78, 5) is 16.8. The third-order valence-corrected chi connectivity index (χ3v) is 2.87. The number of carboxylic acids is 1. The molecule has 0 saturated carbocycles. The first-order valence-electron chi connectivity index (χ1n) is 5.54. The smallest absolute Gasteiger partial charge is 0.309 e. The SMILES string of the molecule is O=C(O)C1CN(Cc2nc(-c3ccco3)no2)C1. The number of nitrogens with zero attached hydrogens (tertiary/aromatic N) is 3. The van der Waals surface area contributed by atoms with Crippen molar-refractivity contribution in [2.24, 2.45) is 5.92 Å². The Morgan fingerprint density at radius 2 is 2.39 bits per heavy atom. The second-order valence-corrected chi connectivity index (χ2v) is 4.22. The molecule has 0 radical (unpaired) electrons. The summed E-state index contributed by atoms with van der Waals surface area (Å²) in [5.41, 5.74) is 0. The molecule has 1 N–H and O–H groups in total. The molecule has 3 rings (SSSR count). The van der Waals surface area contributed by atoms with Crippen molar-refractivity contribution in [2.45, 2.75) is 6.54 Å². The fourth-order valence-corrected chi connectivity index (χ4v) is 1.87. The molecule has 1 fully saturated rings. The highest BCUT2D eigenvalue weighted by Gasteiger charge is 2.33. The van der Waals surface area contributed by atoms with E-state index in [1.807, 2.05) is 4.90 Å². The van der Waals surface area contributed by atoms with Gasteiger partial charge in [-0.1, -0.05) is 5.16 Å². The summed E-state index contributed by atoms with van der Waals surface area (Å²) in [6.07, 6.45) is 1.54.